The van der Waals surface area contributed by atoms with Gasteiger partial charge in [0.15, 0.2) is 5.96 Å². The maximum absolute atomic E-state index is 12.2. The second-order valence-electron chi connectivity index (χ2n) is 6.88. The summed E-state index contributed by atoms with van der Waals surface area (Å²) < 4.78 is 0. The van der Waals surface area contributed by atoms with Gasteiger partial charge in [0.25, 0.3) is 5.91 Å². The first kappa shape index (κ1) is 19.5. The highest BCUT2D eigenvalue weighted by Gasteiger charge is 2.43. The Labute approximate surface area is 164 Å². The molecule has 0 unspecified atom stereocenters. The van der Waals surface area contributed by atoms with Crippen molar-refractivity contribution in [3.05, 3.63) is 35.4 Å². The van der Waals surface area contributed by atoms with Crippen molar-refractivity contribution < 1.29 is 9.59 Å². The molecule has 0 spiro atoms. The lowest BCUT2D eigenvalue weighted by Gasteiger charge is -2.16. The van der Waals surface area contributed by atoms with Crippen LogP contribution in [0.4, 0.5) is 4.79 Å². The van der Waals surface area contributed by atoms with Gasteiger partial charge in [0, 0.05) is 6.04 Å². The summed E-state index contributed by atoms with van der Waals surface area (Å²) in [5.74, 6) is 0.267. The Hall–Kier alpha value is -1.84. The lowest BCUT2D eigenvalue weighted by molar-refractivity contribution is -0.130. The number of hydrogen-bond donors (Lipinski definition) is 3. The average Bonchev–Trinajstić information content (AvgIpc) is 3.31. The minimum atomic E-state index is -0.835. The molecule has 1 saturated carbocycles. The fourth-order valence-corrected chi connectivity index (χ4v) is 2.55. The van der Waals surface area contributed by atoms with Gasteiger partial charge < -0.3 is 16.4 Å². The Kier molecular flexibility index (Phi) is 5.91. The van der Waals surface area contributed by atoms with Crippen LogP contribution in [-0.2, 0) is 17.9 Å². The van der Waals surface area contributed by atoms with Gasteiger partial charge in [-0.05, 0) is 37.8 Å². The molecule has 0 atom stereocenters. The van der Waals surface area contributed by atoms with E-state index in [1.165, 1.54) is 4.90 Å². The van der Waals surface area contributed by atoms with Crippen LogP contribution in [0.5, 0.6) is 0 Å². The molecule has 1 saturated heterocycles. The molecule has 1 heterocycles. The van der Waals surface area contributed by atoms with Crippen molar-refractivity contribution >= 4 is 41.9 Å². The van der Waals surface area contributed by atoms with Gasteiger partial charge in [-0.25, -0.2) is 9.79 Å². The number of nitrogens with one attached hydrogen (secondary N) is 2. The van der Waals surface area contributed by atoms with E-state index in [9.17, 15) is 9.59 Å². The van der Waals surface area contributed by atoms with Crippen LogP contribution < -0.4 is 16.4 Å². The summed E-state index contributed by atoms with van der Waals surface area (Å²) >= 11 is 0. The topological polar surface area (TPSA) is 99.8 Å². The van der Waals surface area contributed by atoms with Crippen molar-refractivity contribution in [2.24, 2.45) is 10.7 Å². The summed E-state index contributed by atoms with van der Waals surface area (Å²) in [6.07, 6.45) is 2.31. The minimum Gasteiger partial charge on any atom is -0.370 e. The molecule has 136 valence electrons. The molecule has 2 aliphatic rings. The number of amides is 3. The number of benzene rings is 1. The number of guanidine groups is 1. The summed E-state index contributed by atoms with van der Waals surface area (Å²) in [4.78, 5) is 29.6. The minimum absolute atomic E-state index is 0. The quantitative estimate of drug-likeness (QED) is 0.271. The third-order valence-electron chi connectivity index (χ3n) is 4.17. The number of urea groups is 1. The number of halogens is 1. The van der Waals surface area contributed by atoms with Crippen LogP contribution in [-0.4, -0.2) is 34.4 Å². The Balaban J connectivity index is 0.00000225. The van der Waals surface area contributed by atoms with E-state index < -0.39 is 5.54 Å². The molecule has 25 heavy (non-hydrogen) atoms. The molecule has 7 nitrogen and oxygen atoms in total. The van der Waals surface area contributed by atoms with Gasteiger partial charge in [0.1, 0.15) is 5.54 Å². The zero-order valence-corrected chi connectivity index (χ0v) is 16.7. The van der Waals surface area contributed by atoms with Crippen molar-refractivity contribution in [2.45, 2.75) is 51.4 Å². The van der Waals surface area contributed by atoms with Crippen LogP contribution in [0.1, 0.15) is 37.8 Å². The number of aliphatic imine (C=N–C) groups is 1. The van der Waals surface area contributed by atoms with Crippen LogP contribution in [0.15, 0.2) is 29.3 Å². The number of hydrogen-bond acceptors (Lipinski definition) is 3. The van der Waals surface area contributed by atoms with Gasteiger partial charge in [-0.15, -0.1) is 24.0 Å². The van der Waals surface area contributed by atoms with Crippen LogP contribution in [0.3, 0.4) is 0 Å². The van der Waals surface area contributed by atoms with Crippen molar-refractivity contribution in [1.29, 1.82) is 0 Å². The Bertz CT molecular complexity index is 683. The molecule has 3 amide bonds. The fourth-order valence-electron chi connectivity index (χ4n) is 2.55. The van der Waals surface area contributed by atoms with Crippen molar-refractivity contribution in [2.75, 3.05) is 0 Å². The van der Waals surface area contributed by atoms with Gasteiger partial charge in [-0.2, -0.15) is 0 Å². The van der Waals surface area contributed by atoms with E-state index in [0.29, 0.717) is 18.5 Å². The molecule has 2 fully saturated rings. The fraction of sp³-hybridized carbons (Fsp3) is 0.471. The van der Waals surface area contributed by atoms with Gasteiger partial charge in [0.2, 0.25) is 0 Å². The second-order valence-corrected chi connectivity index (χ2v) is 6.88. The molecule has 0 radical (unpaired) electrons. The van der Waals surface area contributed by atoms with Crippen molar-refractivity contribution in [3.63, 3.8) is 0 Å². The van der Waals surface area contributed by atoms with Crippen LogP contribution in [0.2, 0.25) is 0 Å². The van der Waals surface area contributed by atoms with E-state index in [2.05, 4.69) is 15.6 Å². The molecular formula is C17H24IN5O2. The first-order valence-corrected chi connectivity index (χ1v) is 8.13. The number of nitrogens with two attached hydrogens (primary N) is 1. The summed E-state index contributed by atoms with van der Waals surface area (Å²) in [7, 11) is 0. The number of rotatable bonds is 5. The summed E-state index contributed by atoms with van der Waals surface area (Å²) in [6, 6.07) is 7.82. The maximum atomic E-state index is 12.2. The standard InChI is InChI=1S/C17H23N5O2.HI/c1-17(2)14(23)22(16(24)21-17)10-12-5-3-11(4-6-12)9-19-15(18)20-13-7-8-13;/h3-6,13H,7-10H2,1-2H3,(H,21,24)(H3,18,19,20);1H. The highest BCUT2D eigenvalue weighted by Crippen LogP contribution is 2.20. The van der Waals surface area contributed by atoms with Gasteiger partial charge in [-0.1, -0.05) is 24.3 Å². The Morgan fingerprint density at radius 2 is 1.88 bits per heavy atom. The number of nitrogens with zero attached hydrogens (tertiary/aromatic N) is 2. The lowest BCUT2D eigenvalue weighted by Crippen LogP contribution is -2.40. The van der Waals surface area contributed by atoms with E-state index in [-0.39, 0.29) is 42.5 Å². The Morgan fingerprint density at radius 3 is 2.40 bits per heavy atom. The maximum Gasteiger partial charge on any atom is 0.325 e. The molecule has 4 N–H and O–H groups in total. The molecule has 3 rings (SSSR count). The van der Waals surface area contributed by atoms with Crippen molar-refractivity contribution in [3.8, 4) is 0 Å². The highest BCUT2D eigenvalue weighted by atomic mass is 127. The smallest absolute Gasteiger partial charge is 0.325 e. The highest BCUT2D eigenvalue weighted by molar-refractivity contribution is 14.0. The van der Waals surface area contributed by atoms with E-state index in [1.54, 1.807) is 13.8 Å². The number of carbonyl (C=O) groups excluding carboxylic acids is 2. The number of imide groups is 1. The normalized spacial score (nSPS) is 19.4. The zero-order chi connectivity index (χ0) is 17.3. The van der Waals surface area contributed by atoms with E-state index in [0.717, 1.165) is 24.0 Å². The molecule has 0 bridgehead atoms. The zero-order valence-electron chi connectivity index (χ0n) is 14.4. The molecular weight excluding hydrogens is 433 g/mol. The van der Waals surface area contributed by atoms with Gasteiger partial charge in [0.05, 0.1) is 13.1 Å². The average molecular weight is 457 g/mol. The second kappa shape index (κ2) is 7.59. The molecule has 0 aromatic heterocycles. The van der Waals surface area contributed by atoms with E-state index in [1.807, 2.05) is 24.3 Å². The lowest BCUT2D eigenvalue weighted by atomic mass is 10.1. The van der Waals surface area contributed by atoms with E-state index >= 15 is 0 Å². The summed E-state index contributed by atoms with van der Waals surface area (Å²) in [5.41, 5.74) is 6.89. The monoisotopic (exact) mass is 457 g/mol. The third kappa shape index (κ3) is 4.83. The van der Waals surface area contributed by atoms with Crippen LogP contribution in [0.25, 0.3) is 0 Å². The van der Waals surface area contributed by atoms with Crippen molar-refractivity contribution in [1.82, 2.24) is 15.5 Å². The van der Waals surface area contributed by atoms with Gasteiger partial charge >= 0.3 is 6.03 Å². The molecule has 1 aliphatic heterocycles. The SMILES string of the molecule is CC1(C)NC(=O)N(Cc2ccc(CN=C(N)NC3CC3)cc2)C1=O.I. The predicted octanol–water partition coefficient (Wildman–Crippen LogP) is 1.70. The third-order valence-corrected chi connectivity index (χ3v) is 4.17. The molecule has 1 aromatic carbocycles. The van der Waals surface area contributed by atoms with Crippen LogP contribution >= 0.6 is 24.0 Å². The first-order valence-electron chi connectivity index (χ1n) is 8.13. The van der Waals surface area contributed by atoms with Crippen LogP contribution in [0, 0.1) is 0 Å². The summed E-state index contributed by atoms with van der Waals surface area (Å²) in [6.45, 7) is 4.17. The van der Waals surface area contributed by atoms with Gasteiger partial charge in [-0.3, -0.25) is 9.69 Å². The predicted molar refractivity (Wildman–Crippen MR) is 107 cm³/mol. The van der Waals surface area contributed by atoms with E-state index in [4.69, 9.17) is 5.73 Å². The Morgan fingerprint density at radius 1 is 1.28 bits per heavy atom. The first-order chi connectivity index (χ1) is 11.3. The molecule has 1 aromatic rings. The summed E-state index contributed by atoms with van der Waals surface area (Å²) in [5, 5.41) is 5.82. The largest absolute Gasteiger partial charge is 0.370 e. The number of carbonyl (C=O) groups is 2. The molecule has 8 heteroatoms. The molecule has 1 aliphatic carbocycles.